The molecule has 2 heterocycles. The highest BCUT2D eigenvalue weighted by Gasteiger charge is 2.51. The lowest BCUT2D eigenvalue weighted by atomic mass is 9.80. The van der Waals surface area contributed by atoms with E-state index in [9.17, 15) is 13.2 Å². The van der Waals surface area contributed by atoms with E-state index >= 15 is 0 Å². The Morgan fingerprint density at radius 1 is 1.14 bits per heavy atom. The van der Waals surface area contributed by atoms with Gasteiger partial charge in [0, 0.05) is 11.7 Å². The first kappa shape index (κ1) is 17.1. The number of nitrogens with zero attached hydrogens (tertiary/aromatic N) is 1. The van der Waals surface area contributed by atoms with Gasteiger partial charge in [0.05, 0.1) is 11.2 Å². The fraction of sp³-hybridized carbons (Fsp3) is 0.643. The van der Waals surface area contributed by atoms with Crippen LogP contribution >= 0.6 is 0 Å². The van der Waals surface area contributed by atoms with Crippen LogP contribution in [0.4, 0.5) is 13.2 Å². The Kier molecular flexibility index (Phi) is 4.21. The summed E-state index contributed by atoms with van der Waals surface area (Å²) >= 11 is 0. The average Bonchev–Trinajstić information content (AvgIpc) is 2.58. The predicted octanol–water partition coefficient (Wildman–Crippen LogP) is 2.71. The number of aromatic nitrogens is 1. The van der Waals surface area contributed by atoms with E-state index in [-0.39, 0.29) is 5.88 Å². The third-order valence-corrected chi connectivity index (χ3v) is 4.04. The lowest BCUT2D eigenvalue weighted by Crippen LogP contribution is -2.41. The fourth-order valence-electron chi connectivity index (χ4n) is 1.83. The van der Waals surface area contributed by atoms with Gasteiger partial charge in [-0.2, -0.15) is 13.2 Å². The van der Waals surface area contributed by atoms with Crippen molar-refractivity contribution >= 4 is 12.6 Å². The van der Waals surface area contributed by atoms with Crippen LogP contribution in [0.2, 0.25) is 0 Å². The minimum atomic E-state index is -4.42. The molecule has 0 N–H and O–H groups in total. The van der Waals surface area contributed by atoms with Gasteiger partial charge < -0.3 is 14.0 Å². The van der Waals surface area contributed by atoms with Crippen LogP contribution in [0.3, 0.4) is 0 Å². The van der Waals surface area contributed by atoms with Gasteiger partial charge in [0.1, 0.15) is 0 Å². The zero-order valence-corrected chi connectivity index (χ0v) is 13.2. The molecule has 0 aromatic carbocycles. The van der Waals surface area contributed by atoms with Gasteiger partial charge in [-0.05, 0) is 40.7 Å². The second-order valence-electron chi connectivity index (χ2n) is 6.32. The molecule has 1 aromatic rings. The summed E-state index contributed by atoms with van der Waals surface area (Å²) in [5.41, 5.74) is -0.347. The van der Waals surface area contributed by atoms with Crippen molar-refractivity contribution in [2.75, 3.05) is 0 Å². The molecular weight excluding hydrogens is 298 g/mol. The van der Waals surface area contributed by atoms with E-state index in [1.54, 1.807) is 6.07 Å². The number of ether oxygens (including phenoxy) is 1. The van der Waals surface area contributed by atoms with Crippen LogP contribution in [0.25, 0.3) is 0 Å². The maximum absolute atomic E-state index is 12.4. The minimum Gasteiger partial charge on any atom is -0.465 e. The van der Waals surface area contributed by atoms with Crippen molar-refractivity contribution in [3.63, 3.8) is 0 Å². The normalized spacial score (nSPS) is 21.7. The Morgan fingerprint density at radius 2 is 1.68 bits per heavy atom. The third kappa shape index (κ3) is 3.38. The number of alkyl halides is 3. The van der Waals surface area contributed by atoms with Crippen LogP contribution in [0, 0.1) is 0 Å². The highest BCUT2D eigenvalue weighted by atomic mass is 19.4. The summed E-state index contributed by atoms with van der Waals surface area (Å²) in [7, 11) is -0.605. The molecule has 0 aliphatic carbocycles. The molecule has 0 spiro atoms. The quantitative estimate of drug-likeness (QED) is 0.804. The fourth-order valence-corrected chi connectivity index (χ4v) is 1.83. The summed E-state index contributed by atoms with van der Waals surface area (Å²) in [6, 6.07) is 2.97. The lowest BCUT2D eigenvalue weighted by Gasteiger charge is -2.32. The van der Waals surface area contributed by atoms with Gasteiger partial charge in [-0.15, -0.1) is 0 Å². The summed E-state index contributed by atoms with van der Waals surface area (Å²) in [6.07, 6.45) is -4.94. The Hall–Kier alpha value is -1.28. The average molecular weight is 317 g/mol. The molecule has 0 saturated carbocycles. The van der Waals surface area contributed by atoms with Crippen molar-refractivity contribution < 1.29 is 27.2 Å². The molecule has 1 unspecified atom stereocenters. The molecule has 1 fully saturated rings. The number of hydrogen-bond donors (Lipinski definition) is 0. The predicted molar refractivity (Wildman–Crippen MR) is 76.1 cm³/mol. The summed E-state index contributed by atoms with van der Waals surface area (Å²) in [5.74, 6) is -0.0925. The van der Waals surface area contributed by atoms with E-state index < -0.39 is 30.6 Å². The van der Waals surface area contributed by atoms with Gasteiger partial charge in [-0.3, -0.25) is 0 Å². The van der Waals surface area contributed by atoms with Crippen molar-refractivity contribution in [1.29, 1.82) is 0 Å². The van der Waals surface area contributed by atoms with Crippen molar-refractivity contribution in [3.8, 4) is 5.88 Å². The maximum atomic E-state index is 12.4. The van der Waals surface area contributed by atoms with E-state index in [0.29, 0.717) is 5.46 Å². The van der Waals surface area contributed by atoms with E-state index in [1.165, 1.54) is 12.3 Å². The first-order chi connectivity index (χ1) is 9.92. The van der Waals surface area contributed by atoms with E-state index in [2.05, 4.69) is 4.98 Å². The maximum Gasteiger partial charge on any atom is 0.496 e. The van der Waals surface area contributed by atoms with Gasteiger partial charge >= 0.3 is 13.3 Å². The summed E-state index contributed by atoms with van der Waals surface area (Å²) in [5, 5.41) is 0. The van der Waals surface area contributed by atoms with E-state index in [0.717, 1.165) is 6.92 Å². The standard InChI is InChI=1S/C14H19BF3NO3/c1-9(14(16,17)18)20-11-7-6-10(8-19-11)15-21-12(2,3)13(4,5)22-15/h6-9H,1-5H3. The first-order valence-corrected chi connectivity index (χ1v) is 6.97. The highest BCUT2D eigenvalue weighted by Crippen LogP contribution is 2.36. The van der Waals surface area contributed by atoms with Crippen LogP contribution in [-0.2, 0) is 9.31 Å². The summed E-state index contributed by atoms with van der Waals surface area (Å²) < 4.78 is 53.8. The molecule has 1 aliphatic heterocycles. The molecule has 2 rings (SSSR count). The van der Waals surface area contributed by atoms with Crippen LogP contribution in [0.5, 0.6) is 5.88 Å². The molecular formula is C14H19BF3NO3. The summed E-state index contributed by atoms with van der Waals surface area (Å²) in [6.45, 7) is 8.61. The zero-order chi connectivity index (χ0) is 16.8. The number of pyridine rings is 1. The van der Waals surface area contributed by atoms with Gasteiger partial charge in [-0.25, -0.2) is 4.98 Å². The molecule has 4 nitrogen and oxygen atoms in total. The van der Waals surface area contributed by atoms with Crippen molar-refractivity contribution in [2.45, 2.75) is 58.1 Å². The number of rotatable bonds is 3. The first-order valence-electron chi connectivity index (χ1n) is 6.97. The monoisotopic (exact) mass is 317 g/mol. The van der Waals surface area contributed by atoms with Crippen LogP contribution in [0.15, 0.2) is 18.3 Å². The van der Waals surface area contributed by atoms with Gasteiger partial charge in [0.15, 0.2) is 6.10 Å². The molecule has 22 heavy (non-hydrogen) atoms. The number of halogens is 3. The van der Waals surface area contributed by atoms with Crippen molar-refractivity contribution in [3.05, 3.63) is 18.3 Å². The molecule has 0 radical (unpaired) electrons. The SMILES string of the molecule is CC(Oc1ccc(B2OC(C)(C)C(C)(C)O2)cn1)C(F)(F)F. The minimum absolute atomic E-state index is 0.0925. The van der Waals surface area contributed by atoms with Crippen LogP contribution in [0.1, 0.15) is 34.6 Å². The second-order valence-corrected chi connectivity index (χ2v) is 6.32. The van der Waals surface area contributed by atoms with Gasteiger partial charge in [0.25, 0.3) is 0 Å². The van der Waals surface area contributed by atoms with Gasteiger partial charge in [-0.1, -0.05) is 6.07 Å². The molecule has 1 aromatic heterocycles. The third-order valence-electron chi connectivity index (χ3n) is 4.04. The Balaban J connectivity index is 2.08. The second kappa shape index (κ2) is 5.42. The Morgan fingerprint density at radius 3 is 2.09 bits per heavy atom. The molecule has 0 bridgehead atoms. The Labute approximate surface area is 128 Å². The number of hydrogen-bond acceptors (Lipinski definition) is 4. The molecule has 122 valence electrons. The smallest absolute Gasteiger partial charge is 0.465 e. The van der Waals surface area contributed by atoms with Crippen molar-refractivity contribution in [1.82, 2.24) is 4.98 Å². The van der Waals surface area contributed by atoms with E-state index in [1.807, 2.05) is 27.7 Å². The van der Waals surface area contributed by atoms with Gasteiger partial charge in [0.2, 0.25) is 5.88 Å². The largest absolute Gasteiger partial charge is 0.496 e. The molecule has 1 atom stereocenters. The van der Waals surface area contributed by atoms with Crippen molar-refractivity contribution in [2.24, 2.45) is 0 Å². The van der Waals surface area contributed by atoms with E-state index in [4.69, 9.17) is 14.0 Å². The molecule has 0 amide bonds. The van der Waals surface area contributed by atoms with Crippen LogP contribution in [-0.4, -0.2) is 35.6 Å². The zero-order valence-electron chi connectivity index (χ0n) is 13.2. The lowest BCUT2D eigenvalue weighted by molar-refractivity contribution is -0.189. The summed E-state index contributed by atoms with van der Waals surface area (Å²) in [4.78, 5) is 3.89. The Bertz CT molecular complexity index is 515. The highest BCUT2D eigenvalue weighted by molar-refractivity contribution is 6.62. The molecule has 1 aliphatic rings. The van der Waals surface area contributed by atoms with Crippen LogP contribution < -0.4 is 10.2 Å². The molecule has 1 saturated heterocycles. The topological polar surface area (TPSA) is 40.6 Å². The molecule has 8 heteroatoms.